The third kappa shape index (κ3) is 3.74. The number of aromatic nitrogens is 1. The van der Waals surface area contributed by atoms with E-state index in [1.165, 1.54) is 0 Å². The minimum atomic E-state index is -0.277. The number of carbonyl (C=O) groups is 1. The van der Waals surface area contributed by atoms with Gasteiger partial charge in [0.15, 0.2) is 17.4 Å². The minimum Gasteiger partial charge on any atom is -0.486 e. The molecule has 0 unspecified atom stereocenters. The van der Waals surface area contributed by atoms with Gasteiger partial charge in [-0.15, -0.1) is 0 Å². The van der Waals surface area contributed by atoms with Crippen molar-refractivity contribution in [3.05, 3.63) is 41.6 Å². The average Bonchev–Trinajstić information content (AvgIpc) is 3.06. The third-order valence-electron chi connectivity index (χ3n) is 3.42. The molecule has 7 nitrogen and oxygen atoms in total. The van der Waals surface area contributed by atoms with Crippen LogP contribution in [0.15, 0.2) is 28.9 Å². The summed E-state index contributed by atoms with van der Waals surface area (Å²) >= 11 is 0. The van der Waals surface area contributed by atoms with Crippen molar-refractivity contribution in [1.29, 1.82) is 0 Å². The Morgan fingerprint density at radius 1 is 1.22 bits per heavy atom. The van der Waals surface area contributed by atoms with Crippen molar-refractivity contribution in [1.82, 2.24) is 15.6 Å². The topological polar surface area (TPSA) is 85.6 Å². The van der Waals surface area contributed by atoms with Gasteiger partial charge in [-0.05, 0) is 6.07 Å². The molecule has 23 heavy (non-hydrogen) atoms. The van der Waals surface area contributed by atoms with Gasteiger partial charge in [0.2, 0.25) is 0 Å². The Kier molecular flexibility index (Phi) is 4.65. The van der Waals surface area contributed by atoms with E-state index in [1.807, 2.05) is 25.1 Å². The fourth-order valence-electron chi connectivity index (χ4n) is 2.27. The molecule has 0 bridgehead atoms. The molecule has 0 radical (unpaired) electrons. The first-order valence-corrected chi connectivity index (χ1v) is 7.58. The van der Waals surface area contributed by atoms with Crippen LogP contribution < -0.4 is 20.1 Å². The van der Waals surface area contributed by atoms with Crippen LogP contribution in [0.1, 0.15) is 24.1 Å². The largest absolute Gasteiger partial charge is 0.486 e. The molecule has 0 saturated heterocycles. The molecule has 0 aliphatic carbocycles. The highest BCUT2D eigenvalue weighted by atomic mass is 16.6. The van der Waals surface area contributed by atoms with Crippen molar-refractivity contribution in [2.24, 2.45) is 0 Å². The van der Waals surface area contributed by atoms with Crippen LogP contribution in [0.3, 0.4) is 0 Å². The number of amides is 2. The van der Waals surface area contributed by atoms with Crippen LogP contribution in [0.5, 0.6) is 11.5 Å². The molecule has 2 aromatic rings. The molecule has 3 rings (SSSR count). The smallest absolute Gasteiger partial charge is 0.315 e. The molecule has 1 aromatic heterocycles. The summed E-state index contributed by atoms with van der Waals surface area (Å²) in [7, 11) is 0. The fourth-order valence-corrected chi connectivity index (χ4v) is 2.27. The summed E-state index contributed by atoms with van der Waals surface area (Å²) in [6, 6.07) is 5.36. The van der Waals surface area contributed by atoms with Gasteiger partial charge in [-0.25, -0.2) is 9.78 Å². The molecule has 7 heteroatoms. The Labute approximate surface area is 134 Å². The molecule has 0 fully saturated rings. The zero-order valence-electron chi connectivity index (χ0n) is 12.9. The lowest BCUT2D eigenvalue weighted by molar-refractivity contribution is 0.169. The van der Waals surface area contributed by atoms with E-state index in [9.17, 15) is 4.79 Å². The highest BCUT2D eigenvalue weighted by molar-refractivity contribution is 5.73. The summed E-state index contributed by atoms with van der Waals surface area (Å²) < 4.78 is 16.4. The third-order valence-corrected chi connectivity index (χ3v) is 3.42. The van der Waals surface area contributed by atoms with Crippen LogP contribution in [0.2, 0.25) is 0 Å². The lowest BCUT2D eigenvalue weighted by atomic mass is 10.1. The maximum atomic E-state index is 11.9. The van der Waals surface area contributed by atoms with Crippen LogP contribution >= 0.6 is 0 Å². The number of hydrogen-bond acceptors (Lipinski definition) is 5. The molecule has 0 atom stereocenters. The van der Waals surface area contributed by atoms with E-state index in [1.54, 1.807) is 6.26 Å². The van der Waals surface area contributed by atoms with E-state index in [0.29, 0.717) is 49.4 Å². The molecule has 0 spiro atoms. The van der Waals surface area contributed by atoms with Crippen molar-refractivity contribution in [2.45, 2.75) is 26.4 Å². The zero-order valence-corrected chi connectivity index (χ0v) is 12.9. The molecule has 122 valence electrons. The minimum absolute atomic E-state index is 0.277. The number of hydrogen-bond donors (Lipinski definition) is 2. The van der Waals surface area contributed by atoms with E-state index in [-0.39, 0.29) is 6.03 Å². The van der Waals surface area contributed by atoms with Crippen LogP contribution in [-0.4, -0.2) is 24.2 Å². The molecule has 2 heterocycles. The Bertz CT molecular complexity index is 684. The molecule has 2 amide bonds. The Morgan fingerprint density at radius 3 is 2.87 bits per heavy atom. The lowest BCUT2D eigenvalue weighted by Gasteiger charge is -2.21. The van der Waals surface area contributed by atoms with Crippen molar-refractivity contribution in [3.8, 4) is 11.5 Å². The van der Waals surface area contributed by atoms with Gasteiger partial charge in [0, 0.05) is 18.5 Å². The summed E-state index contributed by atoms with van der Waals surface area (Å²) in [6.07, 6.45) is 2.28. The number of fused-ring (bicyclic) bond motifs is 1. The number of nitrogens with one attached hydrogen (secondary N) is 2. The van der Waals surface area contributed by atoms with Gasteiger partial charge >= 0.3 is 6.03 Å². The number of para-hydroxylation sites is 1. The summed E-state index contributed by atoms with van der Waals surface area (Å²) in [5.41, 5.74) is 1.58. The van der Waals surface area contributed by atoms with Crippen molar-refractivity contribution in [2.75, 3.05) is 13.2 Å². The number of carbonyl (C=O) groups excluding carboxylic acids is 1. The summed E-state index contributed by atoms with van der Waals surface area (Å²) in [5.74, 6) is 2.07. The number of urea groups is 1. The number of ether oxygens (including phenoxy) is 2. The van der Waals surface area contributed by atoms with Gasteiger partial charge in [-0.1, -0.05) is 19.1 Å². The van der Waals surface area contributed by atoms with Crippen molar-refractivity contribution in [3.63, 3.8) is 0 Å². The molecular formula is C16H19N3O4. The predicted molar refractivity (Wildman–Crippen MR) is 82.4 cm³/mol. The molecular weight excluding hydrogens is 298 g/mol. The van der Waals surface area contributed by atoms with Crippen molar-refractivity contribution < 1.29 is 18.7 Å². The van der Waals surface area contributed by atoms with Gasteiger partial charge in [0.1, 0.15) is 19.5 Å². The van der Waals surface area contributed by atoms with Crippen molar-refractivity contribution >= 4 is 6.03 Å². The van der Waals surface area contributed by atoms with Gasteiger partial charge in [0.05, 0.1) is 12.2 Å². The SMILES string of the molecule is CCc1nc(CNC(=O)NCc2cccc3c2OCCO3)co1. The second-order valence-corrected chi connectivity index (χ2v) is 5.06. The summed E-state index contributed by atoms with van der Waals surface area (Å²) in [5, 5.41) is 5.54. The lowest BCUT2D eigenvalue weighted by Crippen LogP contribution is -2.34. The molecule has 2 N–H and O–H groups in total. The van der Waals surface area contributed by atoms with Gasteiger partial charge in [-0.2, -0.15) is 0 Å². The number of benzene rings is 1. The number of aryl methyl sites for hydroxylation is 1. The Balaban J connectivity index is 1.51. The fraction of sp³-hybridized carbons (Fsp3) is 0.375. The first-order chi connectivity index (χ1) is 11.3. The van der Waals surface area contributed by atoms with E-state index in [4.69, 9.17) is 13.9 Å². The van der Waals surface area contributed by atoms with E-state index < -0.39 is 0 Å². The maximum Gasteiger partial charge on any atom is 0.315 e. The quantitative estimate of drug-likeness (QED) is 0.881. The Morgan fingerprint density at radius 2 is 2.04 bits per heavy atom. The number of rotatable bonds is 5. The molecule has 0 saturated carbocycles. The highest BCUT2D eigenvalue weighted by Gasteiger charge is 2.15. The standard InChI is InChI=1S/C16H19N3O4/c1-2-14-19-12(10-23-14)9-18-16(20)17-8-11-4-3-5-13-15(11)22-7-6-21-13/h3-5,10H,2,6-9H2,1H3,(H2,17,18,20). The van der Waals surface area contributed by atoms with Crippen LogP contribution in [-0.2, 0) is 19.5 Å². The molecule has 1 aliphatic heterocycles. The first-order valence-electron chi connectivity index (χ1n) is 7.58. The molecule has 1 aromatic carbocycles. The van der Waals surface area contributed by atoms with E-state index >= 15 is 0 Å². The van der Waals surface area contributed by atoms with E-state index in [2.05, 4.69) is 15.6 Å². The normalized spacial score (nSPS) is 12.7. The number of nitrogens with zero attached hydrogens (tertiary/aromatic N) is 1. The maximum absolute atomic E-state index is 11.9. The van der Waals surface area contributed by atoms with Gasteiger partial charge in [0.25, 0.3) is 0 Å². The monoisotopic (exact) mass is 317 g/mol. The summed E-state index contributed by atoms with van der Waals surface area (Å²) in [4.78, 5) is 16.1. The number of oxazole rings is 1. The van der Waals surface area contributed by atoms with E-state index in [0.717, 1.165) is 12.0 Å². The highest BCUT2D eigenvalue weighted by Crippen LogP contribution is 2.33. The second kappa shape index (κ2) is 7.04. The van der Waals surface area contributed by atoms with Crippen LogP contribution in [0.25, 0.3) is 0 Å². The predicted octanol–water partition coefficient (Wildman–Crippen LogP) is 2.01. The second-order valence-electron chi connectivity index (χ2n) is 5.06. The van der Waals surface area contributed by atoms with Crippen LogP contribution in [0, 0.1) is 0 Å². The van der Waals surface area contributed by atoms with Crippen LogP contribution in [0.4, 0.5) is 4.79 Å². The summed E-state index contributed by atoms with van der Waals surface area (Å²) in [6.45, 7) is 3.70. The van der Waals surface area contributed by atoms with Gasteiger partial charge in [-0.3, -0.25) is 0 Å². The van der Waals surface area contributed by atoms with Gasteiger partial charge < -0.3 is 24.5 Å². The zero-order chi connectivity index (χ0) is 16.1. The first kappa shape index (κ1) is 15.2. The average molecular weight is 317 g/mol. The molecule has 1 aliphatic rings. The Hall–Kier alpha value is -2.70.